The van der Waals surface area contributed by atoms with Crippen molar-refractivity contribution < 1.29 is 4.74 Å². The van der Waals surface area contributed by atoms with E-state index in [-0.39, 0.29) is 0 Å². The van der Waals surface area contributed by atoms with Gasteiger partial charge < -0.3 is 10.1 Å². The standard InChI is InChI=1S/C11H17N3O/c1-2-10-5-11(14-8-13-10)15-7-9-3-4-12-6-9/h5,8-9,12H,2-4,6-7H2,1H3. The third-order valence-electron chi connectivity index (χ3n) is 2.69. The topological polar surface area (TPSA) is 47.0 Å². The van der Waals surface area contributed by atoms with Crippen molar-refractivity contribution in [1.82, 2.24) is 15.3 Å². The molecule has 0 aliphatic carbocycles. The maximum Gasteiger partial charge on any atom is 0.216 e. The molecule has 2 rings (SSSR count). The van der Waals surface area contributed by atoms with Gasteiger partial charge in [-0.3, -0.25) is 0 Å². The van der Waals surface area contributed by atoms with Gasteiger partial charge in [0.2, 0.25) is 5.88 Å². The maximum atomic E-state index is 5.64. The predicted octanol–water partition coefficient (Wildman–Crippen LogP) is 1.03. The first kappa shape index (κ1) is 10.4. The predicted molar refractivity (Wildman–Crippen MR) is 57.9 cm³/mol. The number of nitrogens with zero attached hydrogens (tertiary/aromatic N) is 2. The first-order valence-electron chi connectivity index (χ1n) is 5.53. The Morgan fingerprint density at radius 2 is 2.47 bits per heavy atom. The van der Waals surface area contributed by atoms with Crippen LogP contribution in [0.1, 0.15) is 19.0 Å². The van der Waals surface area contributed by atoms with Crippen molar-refractivity contribution in [3.05, 3.63) is 18.1 Å². The van der Waals surface area contributed by atoms with Gasteiger partial charge in [0.15, 0.2) is 0 Å². The fraction of sp³-hybridized carbons (Fsp3) is 0.636. The summed E-state index contributed by atoms with van der Waals surface area (Å²) < 4.78 is 5.64. The van der Waals surface area contributed by atoms with Crippen LogP contribution in [0.3, 0.4) is 0 Å². The van der Waals surface area contributed by atoms with Gasteiger partial charge in [0, 0.05) is 24.2 Å². The number of hydrogen-bond acceptors (Lipinski definition) is 4. The summed E-state index contributed by atoms with van der Waals surface area (Å²) in [4.78, 5) is 8.23. The van der Waals surface area contributed by atoms with Crippen LogP contribution in [-0.4, -0.2) is 29.7 Å². The normalized spacial score (nSPS) is 20.5. The molecule has 1 N–H and O–H groups in total. The summed E-state index contributed by atoms with van der Waals surface area (Å²) in [5.41, 5.74) is 1.03. The van der Waals surface area contributed by atoms with E-state index in [1.807, 2.05) is 6.07 Å². The van der Waals surface area contributed by atoms with Gasteiger partial charge in [0.25, 0.3) is 0 Å². The monoisotopic (exact) mass is 207 g/mol. The van der Waals surface area contributed by atoms with Gasteiger partial charge in [-0.2, -0.15) is 0 Å². The van der Waals surface area contributed by atoms with Crippen molar-refractivity contribution in [2.45, 2.75) is 19.8 Å². The smallest absolute Gasteiger partial charge is 0.216 e. The van der Waals surface area contributed by atoms with Gasteiger partial charge in [-0.25, -0.2) is 9.97 Å². The van der Waals surface area contributed by atoms with Gasteiger partial charge in [-0.1, -0.05) is 6.92 Å². The lowest BCUT2D eigenvalue weighted by Crippen LogP contribution is -2.16. The molecule has 15 heavy (non-hydrogen) atoms. The quantitative estimate of drug-likeness (QED) is 0.801. The van der Waals surface area contributed by atoms with Crippen LogP contribution in [0.4, 0.5) is 0 Å². The molecule has 0 bridgehead atoms. The summed E-state index contributed by atoms with van der Waals surface area (Å²) in [6.45, 7) is 5.00. The van der Waals surface area contributed by atoms with Gasteiger partial charge in [-0.05, 0) is 19.4 Å². The average Bonchev–Trinajstić information content (AvgIpc) is 2.79. The summed E-state index contributed by atoms with van der Waals surface area (Å²) in [6, 6.07) is 1.92. The fourth-order valence-corrected chi connectivity index (χ4v) is 1.71. The van der Waals surface area contributed by atoms with E-state index in [0.29, 0.717) is 11.8 Å². The van der Waals surface area contributed by atoms with Crippen molar-refractivity contribution in [3.8, 4) is 5.88 Å². The molecule has 1 aromatic heterocycles. The zero-order valence-electron chi connectivity index (χ0n) is 9.07. The second-order valence-electron chi connectivity index (χ2n) is 3.87. The van der Waals surface area contributed by atoms with E-state index in [9.17, 15) is 0 Å². The van der Waals surface area contributed by atoms with Crippen LogP contribution in [0, 0.1) is 5.92 Å². The largest absolute Gasteiger partial charge is 0.477 e. The molecule has 1 unspecified atom stereocenters. The maximum absolute atomic E-state index is 5.64. The van der Waals surface area contributed by atoms with Gasteiger partial charge in [0.05, 0.1) is 6.61 Å². The number of rotatable bonds is 4. The minimum absolute atomic E-state index is 0.630. The molecule has 0 spiro atoms. The molecule has 1 fully saturated rings. The molecule has 1 saturated heterocycles. The Kier molecular flexibility index (Phi) is 3.50. The lowest BCUT2D eigenvalue weighted by Gasteiger charge is -2.09. The molecule has 1 aliphatic rings. The van der Waals surface area contributed by atoms with Crippen LogP contribution < -0.4 is 10.1 Å². The highest BCUT2D eigenvalue weighted by Crippen LogP contribution is 2.12. The molecule has 2 heterocycles. The Morgan fingerprint density at radius 1 is 1.53 bits per heavy atom. The third-order valence-corrected chi connectivity index (χ3v) is 2.69. The number of nitrogens with one attached hydrogen (secondary N) is 1. The molecule has 1 aromatic rings. The number of ether oxygens (including phenoxy) is 1. The molecule has 82 valence electrons. The third kappa shape index (κ3) is 2.89. The summed E-state index contributed by atoms with van der Waals surface area (Å²) >= 11 is 0. The molecule has 0 saturated carbocycles. The van der Waals surface area contributed by atoms with Crippen LogP contribution in [-0.2, 0) is 6.42 Å². The van der Waals surface area contributed by atoms with Gasteiger partial charge in [0.1, 0.15) is 6.33 Å². The van der Waals surface area contributed by atoms with Gasteiger partial charge in [-0.15, -0.1) is 0 Å². The van der Waals surface area contributed by atoms with Crippen molar-refractivity contribution in [3.63, 3.8) is 0 Å². The van der Waals surface area contributed by atoms with Crippen molar-refractivity contribution in [1.29, 1.82) is 0 Å². The first-order valence-corrected chi connectivity index (χ1v) is 5.53. The molecule has 4 heteroatoms. The van der Waals surface area contributed by atoms with Crippen LogP contribution in [0.15, 0.2) is 12.4 Å². The van der Waals surface area contributed by atoms with Crippen LogP contribution in [0.25, 0.3) is 0 Å². The highest BCUT2D eigenvalue weighted by Gasteiger charge is 2.15. The molecule has 0 radical (unpaired) electrons. The highest BCUT2D eigenvalue weighted by atomic mass is 16.5. The average molecular weight is 207 g/mol. The Labute approximate surface area is 90.1 Å². The Morgan fingerprint density at radius 3 is 3.20 bits per heavy atom. The number of hydrogen-bond donors (Lipinski definition) is 1. The summed E-state index contributed by atoms with van der Waals surface area (Å²) in [6.07, 6.45) is 3.69. The highest BCUT2D eigenvalue weighted by molar-refractivity contribution is 5.13. The second kappa shape index (κ2) is 5.07. The molecule has 1 atom stereocenters. The van der Waals surface area contributed by atoms with Crippen molar-refractivity contribution in [2.24, 2.45) is 5.92 Å². The Bertz CT molecular complexity index is 310. The fourth-order valence-electron chi connectivity index (χ4n) is 1.71. The van der Waals surface area contributed by atoms with Crippen LogP contribution >= 0.6 is 0 Å². The molecule has 0 aromatic carbocycles. The molecule has 0 amide bonds. The molecule has 4 nitrogen and oxygen atoms in total. The lowest BCUT2D eigenvalue weighted by molar-refractivity contribution is 0.250. The zero-order valence-corrected chi connectivity index (χ0v) is 9.07. The lowest BCUT2D eigenvalue weighted by atomic mass is 10.1. The van der Waals surface area contributed by atoms with E-state index >= 15 is 0 Å². The molecular weight excluding hydrogens is 190 g/mol. The van der Waals surface area contributed by atoms with Crippen LogP contribution in [0.5, 0.6) is 5.88 Å². The molecular formula is C11H17N3O. The van der Waals surface area contributed by atoms with E-state index < -0.39 is 0 Å². The second-order valence-corrected chi connectivity index (χ2v) is 3.87. The first-order chi connectivity index (χ1) is 7.38. The van der Waals surface area contributed by atoms with E-state index in [4.69, 9.17) is 4.74 Å². The SMILES string of the molecule is CCc1cc(OCC2CCNC2)ncn1. The van der Waals surface area contributed by atoms with E-state index in [2.05, 4.69) is 22.2 Å². The number of aryl methyl sites for hydroxylation is 1. The summed E-state index contributed by atoms with van der Waals surface area (Å²) in [5, 5.41) is 3.32. The Hall–Kier alpha value is -1.16. The zero-order chi connectivity index (χ0) is 10.5. The van der Waals surface area contributed by atoms with Crippen molar-refractivity contribution >= 4 is 0 Å². The van der Waals surface area contributed by atoms with Crippen LogP contribution in [0.2, 0.25) is 0 Å². The van der Waals surface area contributed by atoms with Crippen molar-refractivity contribution in [2.75, 3.05) is 19.7 Å². The van der Waals surface area contributed by atoms with E-state index in [0.717, 1.165) is 31.8 Å². The minimum atomic E-state index is 0.630. The molecule has 1 aliphatic heterocycles. The summed E-state index contributed by atoms with van der Waals surface area (Å²) in [7, 11) is 0. The van der Waals surface area contributed by atoms with E-state index in [1.165, 1.54) is 6.42 Å². The van der Waals surface area contributed by atoms with Gasteiger partial charge >= 0.3 is 0 Å². The minimum Gasteiger partial charge on any atom is -0.477 e. The number of aromatic nitrogens is 2. The summed E-state index contributed by atoms with van der Waals surface area (Å²) in [5.74, 6) is 1.33. The van der Waals surface area contributed by atoms with E-state index in [1.54, 1.807) is 6.33 Å². The Balaban J connectivity index is 1.86.